The molecule has 13 heavy (non-hydrogen) atoms. The predicted octanol–water partition coefficient (Wildman–Crippen LogP) is 2.39. The van der Waals surface area contributed by atoms with Crippen LogP contribution in [0.5, 0.6) is 0 Å². The molecule has 2 rings (SSSR count). The zero-order valence-corrected chi connectivity index (χ0v) is 9.06. The third kappa shape index (κ3) is 3.03. The highest BCUT2D eigenvalue weighted by molar-refractivity contribution is 7.99. The molecule has 0 aromatic rings. The third-order valence-corrected chi connectivity index (χ3v) is 3.94. The van der Waals surface area contributed by atoms with Gasteiger partial charge in [-0.25, -0.2) is 0 Å². The van der Waals surface area contributed by atoms with Gasteiger partial charge in [0.2, 0.25) is 0 Å². The van der Waals surface area contributed by atoms with Gasteiger partial charge in [0, 0.05) is 31.1 Å². The lowest BCUT2D eigenvalue weighted by Crippen LogP contribution is -2.36. The van der Waals surface area contributed by atoms with Crippen LogP contribution in [0.25, 0.3) is 0 Å². The molecule has 0 saturated carbocycles. The molecule has 74 valence electrons. The lowest BCUT2D eigenvalue weighted by Gasteiger charge is -2.30. The molecule has 0 amide bonds. The predicted molar refractivity (Wildman–Crippen MR) is 60.2 cm³/mol. The first-order valence-corrected chi connectivity index (χ1v) is 6.56. The van der Waals surface area contributed by atoms with Crippen LogP contribution in [0.2, 0.25) is 0 Å². The van der Waals surface area contributed by atoms with E-state index in [0.29, 0.717) is 0 Å². The van der Waals surface area contributed by atoms with E-state index in [4.69, 9.17) is 0 Å². The summed E-state index contributed by atoms with van der Waals surface area (Å²) in [6.07, 6.45) is 8.76. The highest BCUT2D eigenvalue weighted by Gasteiger charge is 2.16. The Morgan fingerprint density at radius 2 is 2.08 bits per heavy atom. The van der Waals surface area contributed by atoms with Crippen molar-refractivity contribution < 1.29 is 0 Å². The molecule has 0 bridgehead atoms. The maximum Gasteiger partial charge on any atom is 0.00728 e. The Morgan fingerprint density at radius 1 is 1.23 bits per heavy atom. The van der Waals surface area contributed by atoms with E-state index in [-0.39, 0.29) is 0 Å². The molecule has 1 nitrogen and oxygen atoms in total. The number of allylic oxidation sites excluding steroid dienone is 2. The fraction of sp³-hybridized carbons (Fsp3) is 0.818. The molecule has 0 radical (unpaired) electrons. The van der Waals surface area contributed by atoms with Gasteiger partial charge in [0.15, 0.2) is 0 Å². The SMILES string of the molecule is C1=CCC(CN2CCSCC2)CC1. The molecular weight excluding hydrogens is 178 g/mol. The molecule has 2 aliphatic rings. The highest BCUT2D eigenvalue weighted by Crippen LogP contribution is 2.20. The first-order valence-electron chi connectivity index (χ1n) is 5.40. The van der Waals surface area contributed by atoms with Crippen LogP contribution in [-0.2, 0) is 0 Å². The second kappa shape index (κ2) is 5.06. The van der Waals surface area contributed by atoms with Crippen molar-refractivity contribution in [1.82, 2.24) is 4.90 Å². The molecule has 2 heteroatoms. The molecule has 1 atom stereocenters. The molecule has 1 unspecified atom stereocenters. The largest absolute Gasteiger partial charge is 0.301 e. The Balaban J connectivity index is 1.72. The lowest BCUT2D eigenvalue weighted by atomic mass is 9.94. The van der Waals surface area contributed by atoms with Crippen molar-refractivity contribution in [3.63, 3.8) is 0 Å². The van der Waals surface area contributed by atoms with E-state index < -0.39 is 0 Å². The van der Waals surface area contributed by atoms with Gasteiger partial charge in [-0.1, -0.05) is 12.2 Å². The second-order valence-electron chi connectivity index (χ2n) is 4.06. The van der Waals surface area contributed by atoms with Gasteiger partial charge in [0.25, 0.3) is 0 Å². The average molecular weight is 197 g/mol. The van der Waals surface area contributed by atoms with Crippen LogP contribution in [0.15, 0.2) is 12.2 Å². The number of hydrogen-bond acceptors (Lipinski definition) is 2. The van der Waals surface area contributed by atoms with E-state index in [9.17, 15) is 0 Å². The minimum Gasteiger partial charge on any atom is -0.301 e. The molecule has 1 aliphatic heterocycles. The number of rotatable bonds is 2. The van der Waals surface area contributed by atoms with Crippen LogP contribution in [-0.4, -0.2) is 36.0 Å². The number of hydrogen-bond donors (Lipinski definition) is 0. The Bertz CT molecular complexity index is 173. The van der Waals surface area contributed by atoms with E-state index in [1.54, 1.807) is 0 Å². The summed E-state index contributed by atoms with van der Waals surface area (Å²) in [7, 11) is 0. The maximum absolute atomic E-state index is 2.65. The van der Waals surface area contributed by atoms with Gasteiger partial charge in [-0.2, -0.15) is 11.8 Å². The van der Waals surface area contributed by atoms with Crippen molar-refractivity contribution in [3.05, 3.63) is 12.2 Å². The van der Waals surface area contributed by atoms with Crippen LogP contribution >= 0.6 is 11.8 Å². The second-order valence-corrected chi connectivity index (χ2v) is 5.29. The van der Waals surface area contributed by atoms with Crippen LogP contribution in [0.4, 0.5) is 0 Å². The molecule has 0 N–H and O–H groups in total. The summed E-state index contributed by atoms with van der Waals surface area (Å²) in [4.78, 5) is 2.65. The Kier molecular flexibility index (Phi) is 3.74. The van der Waals surface area contributed by atoms with Crippen molar-refractivity contribution in [2.24, 2.45) is 5.92 Å². The van der Waals surface area contributed by atoms with Crippen molar-refractivity contribution in [1.29, 1.82) is 0 Å². The van der Waals surface area contributed by atoms with Gasteiger partial charge in [0.1, 0.15) is 0 Å². The zero-order chi connectivity index (χ0) is 8.93. The molecule has 1 fully saturated rings. The third-order valence-electron chi connectivity index (χ3n) is 3.00. The Hall–Kier alpha value is 0.0500. The summed E-state index contributed by atoms with van der Waals surface area (Å²) in [5.74, 6) is 3.65. The first-order chi connectivity index (χ1) is 6.45. The smallest absolute Gasteiger partial charge is 0.00728 e. The minimum absolute atomic E-state index is 0.952. The van der Waals surface area contributed by atoms with Crippen molar-refractivity contribution in [3.8, 4) is 0 Å². The molecule has 0 aromatic carbocycles. The molecule has 0 spiro atoms. The quantitative estimate of drug-likeness (QED) is 0.625. The molecule has 1 aliphatic carbocycles. The van der Waals surface area contributed by atoms with Crippen LogP contribution < -0.4 is 0 Å². The van der Waals surface area contributed by atoms with Gasteiger partial charge >= 0.3 is 0 Å². The molecule has 0 aromatic heterocycles. The number of thioether (sulfide) groups is 1. The van der Waals surface area contributed by atoms with Gasteiger partial charge in [0.05, 0.1) is 0 Å². The summed E-state index contributed by atoms with van der Waals surface area (Å²) in [6.45, 7) is 4.00. The fourth-order valence-electron chi connectivity index (χ4n) is 2.17. The summed E-state index contributed by atoms with van der Waals surface area (Å²) >= 11 is 2.11. The average Bonchev–Trinajstić information content (AvgIpc) is 2.21. The summed E-state index contributed by atoms with van der Waals surface area (Å²) in [5.41, 5.74) is 0. The van der Waals surface area contributed by atoms with Crippen LogP contribution in [0, 0.1) is 5.92 Å². The monoisotopic (exact) mass is 197 g/mol. The lowest BCUT2D eigenvalue weighted by molar-refractivity contribution is 0.242. The first kappa shape index (κ1) is 9.60. The van der Waals surface area contributed by atoms with Crippen molar-refractivity contribution in [2.45, 2.75) is 19.3 Å². The molecule has 1 heterocycles. The topological polar surface area (TPSA) is 3.24 Å². The minimum atomic E-state index is 0.952. The van der Waals surface area contributed by atoms with Gasteiger partial charge in [-0.3, -0.25) is 0 Å². The summed E-state index contributed by atoms with van der Waals surface area (Å²) < 4.78 is 0. The summed E-state index contributed by atoms with van der Waals surface area (Å²) in [6, 6.07) is 0. The fourth-order valence-corrected chi connectivity index (χ4v) is 3.15. The maximum atomic E-state index is 2.65. The van der Waals surface area contributed by atoms with Gasteiger partial charge < -0.3 is 4.90 Å². The van der Waals surface area contributed by atoms with E-state index in [1.807, 2.05) is 0 Å². The van der Waals surface area contributed by atoms with E-state index >= 15 is 0 Å². The van der Waals surface area contributed by atoms with Crippen molar-refractivity contribution >= 4 is 11.8 Å². The van der Waals surface area contributed by atoms with Crippen molar-refractivity contribution in [2.75, 3.05) is 31.1 Å². The Labute approximate surface area is 85.6 Å². The van der Waals surface area contributed by atoms with E-state index in [2.05, 4.69) is 28.8 Å². The summed E-state index contributed by atoms with van der Waals surface area (Å²) in [5, 5.41) is 0. The Morgan fingerprint density at radius 3 is 2.77 bits per heavy atom. The standard InChI is InChI=1S/C11H19NS/c1-2-4-11(5-3-1)10-12-6-8-13-9-7-12/h1-2,11H,3-10H2. The van der Waals surface area contributed by atoms with E-state index in [1.165, 1.54) is 50.4 Å². The zero-order valence-electron chi connectivity index (χ0n) is 8.24. The molecule has 1 saturated heterocycles. The normalized spacial score (nSPS) is 30.6. The van der Waals surface area contributed by atoms with Gasteiger partial charge in [-0.05, 0) is 25.2 Å². The van der Waals surface area contributed by atoms with Crippen LogP contribution in [0.1, 0.15) is 19.3 Å². The van der Waals surface area contributed by atoms with Crippen LogP contribution in [0.3, 0.4) is 0 Å². The highest BCUT2D eigenvalue weighted by atomic mass is 32.2. The molecular formula is C11H19NS. The number of nitrogens with zero attached hydrogens (tertiary/aromatic N) is 1. The van der Waals surface area contributed by atoms with E-state index in [0.717, 1.165) is 5.92 Å². The van der Waals surface area contributed by atoms with Gasteiger partial charge in [-0.15, -0.1) is 0 Å².